The molecule has 1 rings (SSSR count). The van der Waals surface area contributed by atoms with Crippen molar-refractivity contribution in [3.63, 3.8) is 0 Å². The van der Waals surface area contributed by atoms with Gasteiger partial charge in [-0.1, -0.05) is 32.0 Å². The van der Waals surface area contributed by atoms with Crippen LogP contribution in [0.3, 0.4) is 0 Å². The molecule has 19 heavy (non-hydrogen) atoms. The number of aryl methyl sites for hydroxylation is 1. The molecular formula is C16H25NO2. The lowest BCUT2D eigenvalue weighted by Crippen LogP contribution is -2.43. The second-order valence-corrected chi connectivity index (χ2v) is 5.09. The van der Waals surface area contributed by atoms with E-state index < -0.39 is 11.4 Å². The third-order valence-electron chi connectivity index (χ3n) is 4.14. The van der Waals surface area contributed by atoms with Crippen molar-refractivity contribution < 1.29 is 9.90 Å². The van der Waals surface area contributed by atoms with Crippen LogP contribution in [0.4, 0.5) is 5.69 Å². The van der Waals surface area contributed by atoms with Crippen molar-refractivity contribution in [2.45, 2.75) is 40.5 Å². The van der Waals surface area contributed by atoms with E-state index in [0.717, 1.165) is 12.2 Å². The molecular weight excluding hydrogens is 238 g/mol. The largest absolute Gasteiger partial charge is 0.481 e. The summed E-state index contributed by atoms with van der Waals surface area (Å²) >= 11 is 0. The van der Waals surface area contributed by atoms with Crippen LogP contribution < -0.4 is 4.90 Å². The lowest BCUT2D eigenvalue weighted by Gasteiger charge is -2.35. The maximum Gasteiger partial charge on any atom is 0.311 e. The maximum atomic E-state index is 11.6. The van der Waals surface area contributed by atoms with Gasteiger partial charge in [0.15, 0.2) is 0 Å². The SMILES string of the molecule is CCN(CC(CC)(CC)C(=O)O)c1ccccc1C. The first-order chi connectivity index (χ1) is 9.00. The molecule has 0 aromatic heterocycles. The molecule has 1 aromatic rings. The highest BCUT2D eigenvalue weighted by Crippen LogP contribution is 2.31. The fourth-order valence-corrected chi connectivity index (χ4v) is 2.49. The van der Waals surface area contributed by atoms with Crippen molar-refractivity contribution >= 4 is 11.7 Å². The molecule has 0 atom stereocenters. The van der Waals surface area contributed by atoms with Gasteiger partial charge in [-0.25, -0.2) is 0 Å². The summed E-state index contributed by atoms with van der Waals surface area (Å²) in [6.45, 7) is 9.45. The number of hydrogen-bond acceptors (Lipinski definition) is 2. The van der Waals surface area contributed by atoms with Crippen molar-refractivity contribution in [2.24, 2.45) is 5.41 Å². The van der Waals surface area contributed by atoms with Crippen molar-refractivity contribution in [1.82, 2.24) is 0 Å². The van der Waals surface area contributed by atoms with Gasteiger partial charge in [-0.15, -0.1) is 0 Å². The molecule has 0 saturated heterocycles. The molecule has 0 fully saturated rings. The van der Waals surface area contributed by atoms with Crippen LogP contribution in [0.2, 0.25) is 0 Å². The van der Waals surface area contributed by atoms with E-state index in [9.17, 15) is 9.90 Å². The fraction of sp³-hybridized carbons (Fsp3) is 0.562. The Labute approximate surface area is 116 Å². The Morgan fingerprint density at radius 2 is 1.79 bits per heavy atom. The van der Waals surface area contributed by atoms with E-state index in [1.807, 2.05) is 26.0 Å². The number of rotatable bonds is 7. The molecule has 0 radical (unpaired) electrons. The molecule has 106 valence electrons. The van der Waals surface area contributed by atoms with Crippen molar-refractivity contribution in [1.29, 1.82) is 0 Å². The zero-order chi connectivity index (χ0) is 14.5. The first kappa shape index (κ1) is 15.5. The summed E-state index contributed by atoms with van der Waals surface area (Å²) in [5.41, 5.74) is 1.67. The molecule has 0 aliphatic rings. The van der Waals surface area contributed by atoms with Gasteiger partial charge in [0.05, 0.1) is 5.41 Å². The van der Waals surface area contributed by atoms with E-state index in [1.165, 1.54) is 5.56 Å². The second-order valence-electron chi connectivity index (χ2n) is 5.09. The number of benzene rings is 1. The molecule has 1 aromatic carbocycles. The first-order valence-corrected chi connectivity index (χ1v) is 7.04. The molecule has 3 heteroatoms. The summed E-state index contributed by atoms with van der Waals surface area (Å²) in [7, 11) is 0. The number of carboxylic acids is 1. The van der Waals surface area contributed by atoms with E-state index in [0.29, 0.717) is 19.4 Å². The quantitative estimate of drug-likeness (QED) is 0.815. The zero-order valence-corrected chi connectivity index (χ0v) is 12.4. The summed E-state index contributed by atoms with van der Waals surface area (Å²) in [6, 6.07) is 8.15. The molecule has 0 heterocycles. The Morgan fingerprint density at radius 3 is 2.21 bits per heavy atom. The normalized spacial score (nSPS) is 11.4. The summed E-state index contributed by atoms with van der Waals surface area (Å²) in [4.78, 5) is 13.8. The van der Waals surface area contributed by atoms with Crippen LogP contribution >= 0.6 is 0 Å². The summed E-state index contributed by atoms with van der Waals surface area (Å²) < 4.78 is 0. The Hall–Kier alpha value is -1.51. The van der Waals surface area contributed by atoms with Gasteiger partial charge in [-0.2, -0.15) is 0 Å². The smallest absolute Gasteiger partial charge is 0.311 e. The lowest BCUT2D eigenvalue weighted by molar-refractivity contribution is -0.148. The van der Waals surface area contributed by atoms with Gasteiger partial charge in [-0.3, -0.25) is 4.79 Å². The number of hydrogen-bond donors (Lipinski definition) is 1. The third kappa shape index (κ3) is 3.28. The van der Waals surface area contributed by atoms with E-state index in [1.54, 1.807) is 0 Å². The fourth-order valence-electron chi connectivity index (χ4n) is 2.49. The molecule has 0 bridgehead atoms. The minimum absolute atomic E-state index is 0.566. The molecule has 0 aliphatic heterocycles. The Bertz CT molecular complexity index is 425. The minimum atomic E-state index is -0.690. The Kier molecular flexibility index (Phi) is 5.40. The topological polar surface area (TPSA) is 40.5 Å². The van der Waals surface area contributed by atoms with Gasteiger partial charge in [-0.05, 0) is 38.3 Å². The molecule has 3 nitrogen and oxygen atoms in total. The summed E-state index contributed by atoms with van der Waals surface area (Å²) in [5, 5.41) is 9.56. The Morgan fingerprint density at radius 1 is 1.21 bits per heavy atom. The lowest BCUT2D eigenvalue weighted by atomic mass is 9.81. The molecule has 0 saturated carbocycles. The van der Waals surface area contributed by atoms with Crippen molar-refractivity contribution in [2.75, 3.05) is 18.0 Å². The van der Waals surface area contributed by atoms with Crippen LogP contribution in [0, 0.1) is 12.3 Å². The van der Waals surface area contributed by atoms with Crippen LogP contribution in [0.15, 0.2) is 24.3 Å². The number of aliphatic carboxylic acids is 1. The third-order valence-corrected chi connectivity index (χ3v) is 4.14. The minimum Gasteiger partial charge on any atom is -0.481 e. The standard InChI is InChI=1S/C16H25NO2/c1-5-16(6-2,15(18)19)12-17(7-3)14-11-9-8-10-13(14)4/h8-11H,5-7,12H2,1-4H3,(H,18,19). The summed E-state index contributed by atoms with van der Waals surface area (Å²) in [6.07, 6.45) is 1.31. The highest BCUT2D eigenvalue weighted by molar-refractivity contribution is 5.75. The van der Waals surface area contributed by atoms with Gasteiger partial charge in [0.25, 0.3) is 0 Å². The van der Waals surface area contributed by atoms with Gasteiger partial charge < -0.3 is 10.0 Å². The van der Waals surface area contributed by atoms with Gasteiger partial charge in [0.2, 0.25) is 0 Å². The van der Waals surface area contributed by atoms with Gasteiger partial charge in [0, 0.05) is 18.8 Å². The average Bonchev–Trinajstić information content (AvgIpc) is 2.41. The number of carboxylic acid groups (broad SMARTS) is 1. The Balaban J connectivity index is 3.05. The molecule has 0 aliphatic carbocycles. The summed E-state index contributed by atoms with van der Waals surface area (Å²) in [5.74, 6) is -0.690. The molecule has 0 spiro atoms. The van der Waals surface area contributed by atoms with Crippen LogP contribution in [0.25, 0.3) is 0 Å². The number of para-hydroxylation sites is 1. The highest BCUT2D eigenvalue weighted by Gasteiger charge is 2.36. The van der Waals surface area contributed by atoms with Crippen LogP contribution in [0.5, 0.6) is 0 Å². The van der Waals surface area contributed by atoms with E-state index >= 15 is 0 Å². The average molecular weight is 263 g/mol. The van der Waals surface area contributed by atoms with Crippen LogP contribution in [0.1, 0.15) is 39.2 Å². The monoisotopic (exact) mass is 263 g/mol. The molecule has 0 amide bonds. The van der Waals surface area contributed by atoms with E-state index in [-0.39, 0.29) is 0 Å². The van der Waals surface area contributed by atoms with Crippen molar-refractivity contribution in [3.05, 3.63) is 29.8 Å². The van der Waals surface area contributed by atoms with Crippen molar-refractivity contribution in [3.8, 4) is 0 Å². The predicted octanol–water partition coefficient (Wildman–Crippen LogP) is 3.71. The van der Waals surface area contributed by atoms with Crippen LogP contribution in [-0.2, 0) is 4.79 Å². The predicted molar refractivity (Wildman–Crippen MR) is 79.7 cm³/mol. The van der Waals surface area contributed by atoms with Crippen LogP contribution in [-0.4, -0.2) is 24.2 Å². The maximum absolute atomic E-state index is 11.6. The highest BCUT2D eigenvalue weighted by atomic mass is 16.4. The number of carbonyl (C=O) groups is 1. The van der Waals surface area contributed by atoms with E-state index in [2.05, 4.69) is 30.9 Å². The zero-order valence-electron chi connectivity index (χ0n) is 12.4. The molecule has 1 N–H and O–H groups in total. The number of anilines is 1. The first-order valence-electron chi connectivity index (χ1n) is 7.04. The second kappa shape index (κ2) is 6.60. The van der Waals surface area contributed by atoms with Gasteiger partial charge in [0.1, 0.15) is 0 Å². The van der Waals surface area contributed by atoms with E-state index in [4.69, 9.17) is 0 Å². The van der Waals surface area contributed by atoms with Gasteiger partial charge >= 0.3 is 5.97 Å². The molecule has 0 unspecified atom stereocenters. The number of nitrogens with zero attached hydrogens (tertiary/aromatic N) is 1.